The van der Waals surface area contributed by atoms with Crippen molar-refractivity contribution in [1.82, 2.24) is 9.88 Å². The van der Waals surface area contributed by atoms with Gasteiger partial charge in [-0.25, -0.2) is 4.98 Å². The predicted octanol–water partition coefficient (Wildman–Crippen LogP) is 1.13. The number of hydrogen-bond donors (Lipinski definition) is 1. The first-order valence-corrected chi connectivity index (χ1v) is 6.71. The van der Waals surface area contributed by atoms with Crippen molar-refractivity contribution >= 4 is 22.4 Å². The number of nitrogens with zero attached hydrogens (tertiary/aromatic N) is 3. The Labute approximate surface area is 105 Å². The van der Waals surface area contributed by atoms with Gasteiger partial charge in [-0.1, -0.05) is 6.92 Å². The Kier molecular flexibility index (Phi) is 3.96. The zero-order chi connectivity index (χ0) is 12.3. The van der Waals surface area contributed by atoms with Crippen LogP contribution in [0.25, 0.3) is 0 Å². The Morgan fingerprint density at radius 1 is 1.53 bits per heavy atom. The quantitative estimate of drug-likeness (QED) is 0.874. The molecular weight excluding hydrogens is 238 g/mol. The van der Waals surface area contributed by atoms with Crippen LogP contribution in [0.5, 0.6) is 0 Å². The maximum absolute atomic E-state index is 11.1. The molecule has 1 aliphatic rings. The number of carbonyl (C=O) groups is 1. The zero-order valence-electron chi connectivity index (χ0n) is 9.87. The minimum atomic E-state index is -0.713. The van der Waals surface area contributed by atoms with E-state index in [2.05, 4.69) is 9.88 Å². The molecule has 0 amide bonds. The minimum Gasteiger partial charge on any atom is -0.480 e. The molecule has 1 aromatic rings. The number of rotatable bonds is 4. The number of piperazine rings is 1. The first-order valence-electron chi connectivity index (χ1n) is 5.83. The highest BCUT2D eigenvalue weighted by atomic mass is 32.1. The SMILES string of the molecule is CC[C@H](C(=O)O)N1CCN(c2nccs2)CC1. The second-order valence-electron chi connectivity index (χ2n) is 4.10. The maximum atomic E-state index is 11.1. The van der Waals surface area contributed by atoms with Crippen LogP contribution in [0.4, 0.5) is 5.13 Å². The summed E-state index contributed by atoms with van der Waals surface area (Å²) in [5.74, 6) is -0.713. The molecule has 0 aliphatic carbocycles. The van der Waals surface area contributed by atoms with Crippen LogP contribution in [0.1, 0.15) is 13.3 Å². The summed E-state index contributed by atoms with van der Waals surface area (Å²) in [5, 5.41) is 12.1. The Morgan fingerprint density at radius 3 is 2.71 bits per heavy atom. The summed E-state index contributed by atoms with van der Waals surface area (Å²) >= 11 is 1.63. The highest BCUT2D eigenvalue weighted by Gasteiger charge is 2.27. The highest BCUT2D eigenvalue weighted by molar-refractivity contribution is 7.13. The molecule has 0 saturated carbocycles. The van der Waals surface area contributed by atoms with Crippen LogP contribution < -0.4 is 4.90 Å². The van der Waals surface area contributed by atoms with Gasteiger partial charge in [0.15, 0.2) is 5.13 Å². The third kappa shape index (κ3) is 2.76. The van der Waals surface area contributed by atoms with Gasteiger partial charge in [0.05, 0.1) is 0 Å². The van der Waals surface area contributed by atoms with Gasteiger partial charge in [-0.15, -0.1) is 11.3 Å². The summed E-state index contributed by atoms with van der Waals surface area (Å²) in [6, 6.07) is -0.339. The third-order valence-electron chi connectivity index (χ3n) is 3.12. The molecule has 0 radical (unpaired) electrons. The molecule has 0 aromatic carbocycles. The van der Waals surface area contributed by atoms with Crippen LogP contribution >= 0.6 is 11.3 Å². The molecule has 2 heterocycles. The summed E-state index contributed by atoms with van der Waals surface area (Å²) in [6.45, 7) is 5.23. The van der Waals surface area contributed by atoms with Gasteiger partial charge in [0.25, 0.3) is 0 Å². The Balaban J connectivity index is 1.91. The fraction of sp³-hybridized carbons (Fsp3) is 0.636. The van der Waals surface area contributed by atoms with E-state index in [9.17, 15) is 4.79 Å². The molecule has 1 atom stereocenters. The number of carboxylic acid groups (broad SMARTS) is 1. The smallest absolute Gasteiger partial charge is 0.320 e. The number of carboxylic acids is 1. The largest absolute Gasteiger partial charge is 0.480 e. The fourth-order valence-electron chi connectivity index (χ4n) is 2.19. The lowest BCUT2D eigenvalue weighted by Crippen LogP contribution is -2.52. The van der Waals surface area contributed by atoms with E-state index < -0.39 is 5.97 Å². The van der Waals surface area contributed by atoms with E-state index in [1.54, 1.807) is 17.5 Å². The van der Waals surface area contributed by atoms with Gasteiger partial charge >= 0.3 is 5.97 Å². The second kappa shape index (κ2) is 5.46. The first-order chi connectivity index (χ1) is 8.22. The van der Waals surface area contributed by atoms with Crippen LogP contribution in [0.3, 0.4) is 0 Å². The van der Waals surface area contributed by atoms with Gasteiger partial charge in [0, 0.05) is 37.8 Å². The summed E-state index contributed by atoms with van der Waals surface area (Å²) in [4.78, 5) is 19.6. The van der Waals surface area contributed by atoms with Crippen LogP contribution in [-0.4, -0.2) is 53.2 Å². The number of thiazole rings is 1. The van der Waals surface area contributed by atoms with E-state index >= 15 is 0 Å². The lowest BCUT2D eigenvalue weighted by Gasteiger charge is -2.37. The van der Waals surface area contributed by atoms with Crippen molar-refractivity contribution in [2.24, 2.45) is 0 Å². The summed E-state index contributed by atoms with van der Waals surface area (Å²) < 4.78 is 0. The van der Waals surface area contributed by atoms with Crippen LogP contribution in [0.2, 0.25) is 0 Å². The van der Waals surface area contributed by atoms with Crippen molar-refractivity contribution in [1.29, 1.82) is 0 Å². The molecular formula is C11H17N3O2S. The highest BCUT2D eigenvalue weighted by Crippen LogP contribution is 2.20. The average molecular weight is 255 g/mol. The van der Waals surface area contributed by atoms with Gasteiger partial charge < -0.3 is 10.0 Å². The maximum Gasteiger partial charge on any atom is 0.320 e. The predicted molar refractivity (Wildman–Crippen MR) is 67.6 cm³/mol. The molecule has 1 saturated heterocycles. The van der Waals surface area contributed by atoms with E-state index in [0.29, 0.717) is 6.42 Å². The Morgan fingerprint density at radius 2 is 2.24 bits per heavy atom. The van der Waals surface area contributed by atoms with E-state index in [4.69, 9.17) is 5.11 Å². The van der Waals surface area contributed by atoms with Gasteiger partial charge in [0.1, 0.15) is 6.04 Å². The topological polar surface area (TPSA) is 56.7 Å². The monoisotopic (exact) mass is 255 g/mol. The normalized spacial score (nSPS) is 19.2. The molecule has 1 N–H and O–H groups in total. The third-order valence-corrected chi connectivity index (χ3v) is 3.95. The number of aliphatic carboxylic acids is 1. The Hall–Kier alpha value is -1.14. The van der Waals surface area contributed by atoms with Gasteiger partial charge in [0.2, 0.25) is 0 Å². The average Bonchev–Trinajstić information content (AvgIpc) is 2.84. The Bertz CT molecular complexity index is 361. The standard InChI is InChI=1S/C11H17N3O2S/c1-2-9(10(15)16)13-4-6-14(7-5-13)11-12-3-8-17-11/h3,8-9H,2,4-7H2,1H3,(H,15,16)/t9-/m1/s1. The number of anilines is 1. The molecule has 1 aliphatic heterocycles. The van der Waals surface area contributed by atoms with E-state index in [1.807, 2.05) is 17.2 Å². The number of hydrogen-bond acceptors (Lipinski definition) is 5. The number of aromatic nitrogens is 1. The molecule has 94 valence electrons. The molecule has 0 unspecified atom stereocenters. The summed E-state index contributed by atoms with van der Waals surface area (Å²) in [7, 11) is 0. The van der Waals surface area contributed by atoms with Crippen molar-refractivity contribution in [3.05, 3.63) is 11.6 Å². The molecule has 1 aromatic heterocycles. The van der Waals surface area contributed by atoms with Crippen LogP contribution in [-0.2, 0) is 4.79 Å². The van der Waals surface area contributed by atoms with Crippen LogP contribution in [0.15, 0.2) is 11.6 Å². The molecule has 6 heteroatoms. The van der Waals surface area contributed by atoms with Gasteiger partial charge in [-0.2, -0.15) is 0 Å². The fourth-order valence-corrected chi connectivity index (χ4v) is 2.88. The first kappa shape index (κ1) is 12.3. The van der Waals surface area contributed by atoms with E-state index in [1.165, 1.54) is 0 Å². The summed E-state index contributed by atoms with van der Waals surface area (Å²) in [6.07, 6.45) is 2.46. The summed E-state index contributed by atoms with van der Waals surface area (Å²) in [5.41, 5.74) is 0. The second-order valence-corrected chi connectivity index (χ2v) is 4.97. The van der Waals surface area contributed by atoms with Crippen LogP contribution in [0, 0.1) is 0 Å². The molecule has 0 bridgehead atoms. The molecule has 5 nitrogen and oxygen atoms in total. The van der Waals surface area contributed by atoms with Crippen molar-refractivity contribution < 1.29 is 9.90 Å². The van der Waals surface area contributed by atoms with E-state index in [-0.39, 0.29) is 6.04 Å². The van der Waals surface area contributed by atoms with Crippen molar-refractivity contribution in [2.45, 2.75) is 19.4 Å². The van der Waals surface area contributed by atoms with Gasteiger partial charge in [-0.3, -0.25) is 9.69 Å². The van der Waals surface area contributed by atoms with E-state index in [0.717, 1.165) is 31.3 Å². The zero-order valence-corrected chi connectivity index (χ0v) is 10.7. The van der Waals surface area contributed by atoms with Crippen molar-refractivity contribution in [2.75, 3.05) is 31.1 Å². The van der Waals surface area contributed by atoms with Crippen molar-refractivity contribution in [3.63, 3.8) is 0 Å². The molecule has 2 rings (SSSR count). The van der Waals surface area contributed by atoms with Crippen molar-refractivity contribution in [3.8, 4) is 0 Å². The molecule has 0 spiro atoms. The lowest BCUT2D eigenvalue weighted by molar-refractivity contribution is -0.143. The molecule has 17 heavy (non-hydrogen) atoms. The lowest BCUT2D eigenvalue weighted by atomic mass is 10.1. The molecule has 1 fully saturated rings. The van der Waals surface area contributed by atoms with Gasteiger partial charge in [-0.05, 0) is 6.42 Å². The minimum absolute atomic E-state index is 0.339.